The van der Waals surface area contributed by atoms with Crippen molar-refractivity contribution in [2.24, 2.45) is 0 Å². The van der Waals surface area contributed by atoms with Crippen LogP contribution >= 0.6 is 39.3 Å². The summed E-state index contributed by atoms with van der Waals surface area (Å²) in [4.78, 5) is 4.53. The first-order chi connectivity index (χ1) is 8.78. The lowest BCUT2D eigenvalue weighted by molar-refractivity contribution is -0.746. The molecule has 2 aromatic rings. The maximum absolute atomic E-state index is 5.91. The highest BCUT2D eigenvalue weighted by Crippen LogP contribution is 2.27. The molecule has 0 spiro atoms. The minimum absolute atomic E-state index is 0. The Labute approximate surface area is 140 Å². The molecular weight excluding hydrogens is 411 g/mol. The largest absolute Gasteiger partial charge is 1.00 e. The standard InChI is InChI=1S/C13H11BrClN2S.BrH/c14-5-12-8-18-13-16-6-10(7-17(12)13)9-1-3-11(15)4-2-9;/h1-4,6-7,12H,5,8H2;1H/q+1;/p-1. The number of hydrogen-bond acceptors (Lipinski definition) is 2. The molecule has 1 unspecified atom stereocenters. The lowest BCUT2D eigenvalue weighted by Crippen LogP contribution is -3.00. The first kappa shape index (κ1) is 15.3. The SMILES string of the molecule is Clc1ccc(-c2cnc3[n+](c2)C(CBr)CS3)cc1.[Br-]. The summed E-state index contributed by atoms with van der Waals surface area (Å²) in [5, 5.41) is 2.82. The monoisotopic (exact) mass is 420 g/mol. The second-order valence-electron chi connectivity index (χ2n) is 4.16. The van der Waals surface area contributed by atoms with Gasteiger partial charge in [0, 0.05) is 16.1 Å². The van der Waals surface area contributed by atoms with Crippen molar-refractivity contribution in [2.75, 3.05) is 11.1 Å². The van der Waals surface area contributed by atoms with E-state index in [0.29, 0.717) is 6.04 Å². The van der Waals surface area contributed by atoms with Crippen molar-refractivity contribution in [1.82, 2.24) is 4.98 Å². The van der Waals surface area contributed by atoms with Gasteiger partial charge in [-0.15, -0.1) is 0 Å². The first-order valence-electron chi connectivity index (χ1n) is 5.64. The molecule has 6 heteroatoms. The summed E-state index contributed by atoms with van der Waals surface area (Å²) in [7, 11) is 0. The number of alkyl halides is 1. The maximum Gasteiger partial charge on any atom is 0.359 e. The van der Waals surface area contributed by atoms with Crippen LogP contribution in [0.25, 0.3) is 11.1 Å². The predicted molar refractivity (Wildman–Crippen MR) is 78.4 cm³/mol. The summed E-state index contributed by atoms with van der Waals surface area (Å²) < 4.78 is 2.25. The molecule has 19 heavy (non-hydrogen) atoms. The molecular formula is C13H11Br2ClN2S. The summed E-state index contributed by atoms with van der Waals surface area (Å²) in [5.41, 5.74) is 2.27. The van der Waals surface area contributed by atoms with E-state index in [1.807, 2.05) is 42.2 Å². The Hall–Kier alpha value is -0.100. The minimum atomic E-state index is 0. The molecule has 0 aliphatic carbocycles. The van der Waals surface area contributed by atoms with Crippen LogP contribution in [0.4, 0.5) is 0 Å². The lowest BCUT2D eigenvalue weighted by Gasteiger charge is -2.05. The molecule has 2 nitrogen and oxygen atoms in total. The van der Waals surface area contributed by atoms with Crippen LogP contribution in [-0.2, 0) is 0 Å². The summed E-state index contributed by atoms with van der Waals surface area (Å²) in [6, 6.07) is 8.36. The molecule has 1 aliphatic rings. The van der Waals surface area contributed by atoms with Crippen molar-refractivity contribution < 1.29 is 21.5 Å². The van der Waals surface area contributed by atoms with Crippen LogP contribution in [-0.4, -0.2) is 16.1 Å². The Kier molecular flexibility index (Phi) is 5.29. The quantitative estimate of drug-likeness (QED) is 0.403. The Bertz CT molecular complexity index is 577. The third kappa shape index (κ3) is 3.15. The van der Waals surface area contributed by atoms with Gasteiger partial charge in [0.25, 0.3) is 0 Å². The smallest absolute Gasteiger partial charge is 0.359 e. The summed E-state index contributed by atoms with van der Waals surface area (Å²) in [6.45, 7) is 0. The van der Waals surface area contributed by atoms with Gasteiger partial charge in [0.15, 0.2) is 6.20 Å². The van der Waals surface area contributed by atoms with E-state index in [9.17, 15) is 0 Å². The van der Waals surface area contributed by atoms with Crippen molar-refractivity contribution in [3.05, 3.63) is 41.7 Å². The predicted octanol–water partition coefficient (Wildman–Crippen LogP) is 0.735. The number of benzene rings is 1. The molecule has 2 heterocycles. The van der Waals surface area contributed by atoms with Crippen molar-refractivity contribution in [1.29, 1.82) is 0 Å². The van der Waals surface area contributed by atoms with Gasteiger partial charge in [-0.1, -0.05) is 39.7 Å². The number of thioether (sulfide) groups is 1. The minimum Gasteiger partial charge on any atom is -1.00 e. The highest BCUT2D eigenvalue weighted by atomic mass is 79.9. The lowest BCUT2D eigenvalue weighted by atomic mass is 10.1. The molecule has 0 radical (unpaired) electrons. The van der Waals surface area contributed by atoms with Crippen molar-refractivity contribution in [3.63, 3.8) is 0 Å². The van der Waals surface area contributed by atoms with Crippen LogP contribution in [0.5, 0.6) is 0 Å². The van der Waals surface area contributed by atoms with Gasteiger partial charge in [-0.25, -0.2) is 4.57 Å². The summed E-state index contributed by atoms with van der Waals surface area (Å²) in [6.07, 6.45) is 4.11. The van der Waals surface area contributed by atoms with Gasteiger partial charge in [0.1, 0.15) is 12.2 Å². The van der Waals surface area contributed by atoms with Crippen molar-refractivity contribution in [2.45, 2.75) is 11.2 Å². The molecule has 1 aromatic carbocycles. The fourth-order valence-electron chi connectivity index (χ4n) is 1.96. The second-order valence-corrected chi connectivity index (χ2v) is 6.23. The van der Waals surface area contributed by atoms with Gasteiger partial charge in [-0.2, -0.15) is 0 Å². The molecule has 100 valence electrons. The molecule has 0 bridgehead atoms. The number of nitrogens with zero attached hydrogens (tertiary/aromatic N) is 2. The van der Waals surface area contributed by atoms with Crippen LogP contribution in [0, 0.1) is 0 Å². The zero-order valence-electron chi connectivity index (χ0n) is 9.89. The van der Waals surface area contributed by atoms with Gasteiger partial charge in [0.05, 0.1) is 5.56 Å². The fraction of sp³-hybridized carbons (Fsp3) is 0.231. The van der Waals surface area contributed by atoms with Crippen LogP contribution < -0.4 is 21.5 Å². The van der Waals surface area contributed by atoms with Gasteiger partial charge in [0.2, 0.25) is 0 Å². The Balaban J connectivity index is 0.00000133. The van der Waals surface area contributed by atoms with Crippen molar-refractivity contribution in [3.8, 4) is 11.1 Å². The number of hydrogen-bond donors (Lipinski definition) is 0. The van der Waals surface area contributed by atoms with E-state index in [2.05, 4.69) is 31.7 Å². The topological polar surface area (TPSA) is 16.8 Å². The third-order valence-corrected chi connectivity index (χ3v) is 5.09. The normalized spacial score (nSPS) is 16.8. The molecule has 1 atom stereocenters. The van der Waals surface area contributed by atoms with E-state index in [-0.39, 0.29) is 17.0 Å². The van der Waals surface area contributed by atoms with E-state index in [0.717, 1.165) is 32.4 Å². The average Bonchev–Trinajstić information content (AvgIpc) is 2.81. The van der Waals surface area contributed by atoms with Gasteiger partial charge in [-0.3, -0.25) is 0 Å². The van der Waals surface area contributed by atoms with Crippen LogP contribution in [0.2, 0.25) is 5.02 Å². The molecule has 1 aromatic heterocycles. The molecule has 0 fully saturated rings. The molecule has 0 N–H and O–H groups in total. The highest BCUT2D eigenvalue weighted by molar-refractivity contribution is 9.09. The Morgan fingerprint density at radius 1 is 1.32 bits per heavy atom. The molecule has 0 saturated carbocycles. The zero-order valence-corrected chi connectivity index (χ0v) is 14.6. The van der Waals surface area contributed by atoms with Crippen molar-refractivity contribution >= 4 is 39.3 Å². The van der Waals surface area contributed by atoms with Crippen LogP contribution in [0.3, 0.4) is 0 Å². The van der Waals surface area contributed by atoms with Gasteiger partial charge >= 0.3 is 5.16 Å². The number of rotatable bonds is 2. The summed E-state index contributed by atoms with van der Waals surface area (Å²) >= 11 is 11.3. The molecule has 1 aliphatic heterocycles. The van der Waals surface area contributed by atoms with Crippen LogP contribution in [0.15, 0.2) is 41.8 Å². The number of fused-ring (bicyclic) bond motifs is 1. The zero-order chi connectivity index (χ0) is 12.5. The third-order valence-electron chi connectivity index (χ3n) is 2.97. The van der Waals surface area contributed by atoms with E-state index in [1.54, 1.807) is 0 Å². The van der Waals surface area contributed by atoms with Gasteiger partial charge in [-0.05, 0) is 34.4 Å². The van der Waals surface area contributed by atoms with Gasteiger partial charge < -0.3 is 17.0 Å². The fourth-order valence-corrected chi connectivity index (χ4v) is 4.03. The molecule has 0 saturated heterocycles. The van der Waals surface area contributed by atoms with E-state index in [4.69, 9.17) is 11.6 Å². The maximum atomic E-state index is 5.91. The molecule has 0 amide bonds. The van der Waals surface area contributed by atoms with E-state index >= 15 is 0 Å². The summed E-state index contributed by atoms with van der Waals surface area (Å²) in [5.74, 6) is 1.09. The molecule has 3 rings (SSSR count). The highest BCUT2D eigenvalue weighted by Gasteiger charge is 2.30. The van der Waals surface area contributed by atoms with E-state index in [1.165, 1.54) is 0 Å². The second kappa shape index (κ2) is 6.57. The van der Waals surface area contributed by atoms with Crippen LogP contribution in [0.1, 0.15) is 6.04 Å². The Morgan fingerprint density at radius 2 is 2.05 bits per heavy atom. The number of halogens is 3. The Morgan fingerprint density at radius 3 is 2.74 bits per heavy atom. The first-order valence-corrected chi connectivity index (χ1v) is 8.12. The number of aromatic nitrogens is 2. The average molecular weight is 423 g/mol. The van der Waals surface area contributed by atoms with E-state index < -0.39 is 0 Å².